The average Bonchev–Trinajstić information content (AvgIpc) is 2.92. The minimum absolute atomic E-state index is 0.710. The summed E-state index contributed by atoms with van der Waals surface area (Å²) in [6.45, 7) is 1.01. The van der Waals surface area contributed by atoms with Gasteiger partial charge in [-0.1, -0.05) is 42.1 Å². The summed E-state index contributed by atoms with van der Waals surface area (Å²) in [6, 6.07) is 6.51. The normalized spacial score (nSPS) is 22.0. The van der Waals surface area contributed by atoms with Gasteiger partial charge in [-0.15, -0.1) is 0 Å². The summed E-state index contributed by atoms with van der Waals surface area (Å²) >= 11 is 12.2. The van der Waals surface area contributed by atoms with Crippen molar-refractivity contribution in [1.29, 1.82) is 0 Å². The molecule has 1 nitrogen and oxygen atoms in total. The molecule has 0 saturated heterocycles. The largest absolute Gasteiger partial charge is 0.314 e. The summed E-state index contributed by atoms with van der Waals surface area (Å²) in [4.78, 5) is 0. The van der Waals surface area contributed by atoms with Crippen LogP contribution >= 0.6 is 23.2 Å². The number of hydrogen-bond acceptors (Lipinski definition) is 1. The zero-order valence-electron chi connectivity index (χ0n) is 12.6. The first kappa shape index (κ1) is 15.6. The van der Waals surface area contributed by atoms with Crippen molar-refractivity contribution in [3.8, 4) is 0 Å². The van der Waals surface area contributed by atoms with E-state index in [1.165, 1.54) is 56.9 Å². The van der Waals surface area contributed by atoms with E-state index in [0.717, 1.165) is 23.4 Å². The number of rotatable bonds is 4. The van der Waals surface area contributed by atoms with Crippen LogP contribution in [0.2, 0.25) is 10.0 Å². The van der Waals surface area contributed by atoms with Crippen molar-refractivity contribution in [1.82, 2.24) is 5.32 Å². The van der Waals surface area contributed by atoms with E-state index in [2.05, 4.69) is 5.32 Å². The maximum absolute atomic E-state index is 6.22. The minimum Gasteiger partial charge on any atom is -0.314 e. The Morgan fingerprint density at radius 1 is 1.05 bits per heavy atom. The first-order valence-electron chi connectivity index (χ1n) is 8.34. The molecule has 0 heterocycles. The molecule has 116 valence electrons. The molecule has 2 aliphatic carbocycles. The molecule has 0 atom stereocenters. The lowest BCUT2D eigenvalue weighted by Crippen LogP contribution is -2.37. The fraction of sp³-hybridized carbons (Fsp3) is 0.667. The van der Waals surface area contributed by atoms with E-state index < -0.39 is 0 Å². The van der Waals surface area contributed by atoms with Gasteiger partial charge >= 0.3 is 0 Å². The Morgan fingerprint density at radius 2 is 1.76 bits per heavy atom. The lowest BCUT2D eigenvalue weighted by Gasteiger charge is -2.37. The zero-order chi connectivity index (χ0) is 14.7. The van der Waals surface area contributed by atoms with E-state index in [4.69, 9.17) is 23.2 Å². The Balaban J connectivity index is 1.42. The van der Waals surface area contributed by atoms with Crippen molar-refractivity contribution in [3.05, 3.63) is 33.8 Å². The highest BCUT2D eigenvalue weighted by Crippen LogP contribution is 2.48. The van der Waals surface area contributed by atoms with Crippen LogP contribution in [0.4, 0.5) is 0 Å². The molecule has 2 saturated carbocycles. The second-order valence-corrected chi connectivity index (χ2v) is 7.76. The topological polar surface area (TPSA) is 12.0 Å². The van der Waals surface area contributed by atoms with Crippen LogP contribution in [0.1, 0.15) is 56.9 Å². The second kappa shape index (κ2) is 6.89. The number of hydrogen-bond donors (Lipinski definition) is 1. The van der Waals surface area contributed by atoms with Gasteiger partial charge in [-0.3, -0.25) is 0 Å². The van der Waals surface area contributed by atoms with E-state index in [1.807, 2.05) is 18.2 Å². The lowest BCUT2D eigenvalue weighted by molar-refractivity contribution is 0.169. The zero-order valence-corrected chi connectivity index (χ0v) is 14.1. The Morgan fingerprint density at radius 3 is 2.43 bits per heavy atom. The van der Waals surface area contributed by atoms with Gasteiger partial charge in [-0.25, -0.2) is 0 Å². The number of halogens is 2. The van der Waals surface area contributed by atoms with Gasteiger partial charge in [0.2, 0.25) is 0 Å². The molecule has 2 aliphatic rings. The first-order chi connectivity index (χ1) is 10.2. The van der Waals surface area contributed by atoms with Gasteiger partial charge in [0.05, 0.1) is 0 Å². The fourth-order valence-corrected chi connectivity index (χ4v) is 4.70. The van der Waals surface area contributed by atoms with Gasteiger partial charge in [0.15, 0.2) is 0 Å². The summed E-state index contributed by atoms with van der Waals surface area (Å²) in [6.07, 6.45) is 12.5. The van der Waals surface area contributed by atoms with Crippen LogP contribution in [0.25, 0.3) is 0 Å². The van der Waals surface area contributed by atoms with Gasteiger partial charge in [0, 0.05) is 16.1 Å². The van der Waals surface area contributed by atoms with Gasteiger partial charge < -0.3 is 5.32 Å². The molecule has 1 aromatic carbocycles. The van der Waals surface area contributed by atoms with E-state index in [-0.39, 0.29) is 0 Å². The molecule has 0 aromatic heterocycles. The maximum Gasteiger partial charge on any atom is 0.0453 e. The Hall–Kier alpha value is -0.240. The second-order valence-electron chi connectivity index (χ2n) is 6.92. The monoisotopic (exact) mass is 325 g/mol. The lowest BCUT2D eigenvalue weighted by atomic mass is 9.71. The summed E-state index contributed by atoms with van der Waals surface area (Å²) in [5.41, 5.74) is 1.93. The highest BCUT2D eigenvalue weighted by molar-refractivity contribution is 6.35. The van der Waals surface area contributed by atoms with Crippen LogP contribution in [0.5, 0.6) is 0 Å². The summed E-state index contributed by atoms with van der Waals surface area (Å²) in [7, 11) is 0. The van der Waals surface area contributed by atoms with Crippen LogP contribution in [0.15, 0.2) is 18.2 Å². The molecule has 3 heteroatoms. The predicted molar refractivity (Wildman–Crippen MR) is 91.3 cm³/mol. The SMILES string of the molecule is Clc1ccc(CCNC2CCC3(CCCC3)CC2)c(Cl)c1. The first-order valence-corrected chi connectivity index (χ1v) is 9.10. The van der Waals surface area contributed by atoms with E-state index in [0.29, 0.717) is 11.1 Å². The molecule has 0 bridgehead atoms. The van der Waals surface area contributed by atoms with Crippen LogP contribution in [0, 0.1) is 5.41 Å². The molecule has 1 N–H and O–H groups in total. The highest BCUT2D eigenvalue weighted by atomic mass is 35.5. The molecule has 0 unspecified atom stereocenters. The van der Waals surface area contributed by atoms with Crippen molar-refractivity contribution in [2.45, 2.75) is 63.8 Å². The molecule has 0 amide bonds. The highest BCUT2D eigenvalue weighted by Gasteiger charge is 2.37. The molecular weight excluding hydrogens is 301 g/mol. The standard InChI is InChI=1S/C18H25Cl2N/c19-15-4-3-14(17(20)13-15)7-12-21-16-5-10-18(11-6-16)8-1-2-9-18/h3-4,13,16,21H,1-2,5-12H2. The van der Waals surface area contributed by atoms with E-state index in [1.54, 1.807) is 0 Å². The van der Waals surface area contributed by atoms with Gasteiger partial charge in [0.1, 0.15) is 0 Å². The fourth-order valence-electron chi connectivity index (χ4n) is 4.19. The average molecular weight is 326 g/mol. The maximum atomic E-state index is 6.22. The number of benzene rings is 1. The van der Waals surface area contributed by atoms with E-state index >= 15 is 0 Å². The van der Waals surface area contributed by atoms with Crippen molar-refractivity contribution < 1.29 is 0 Å². The third kappa shape index (κ3) is 3.94. The van der Waals surface area contributed by atoms with Crippen molar-refractivity contribution in [2.24, 2.45) is 5.41 Å². The van der Waals surface area contributed by atoms with Gasteiger partial charge in [0.25, 0.3) is 0 Å². The molecule has 2 fully saturated rings. The Labute approximate surface area is 138 Å². The molecule has 1 aromatic rings. The third-order valence-electron chi connectivity index (χ3n) is 5.55. The molecule has 3 rings (SSSR count). The van der Waals surface area contributed by atoms with Crippen LogP contribution in [-0.2, 0) is 6.42 Å². The molecule has 21 heavy (non-hydrogen) atoms. The van der Waals surface area contributed by atoms with Gasteiger partial charge in [-0.2, -0.15) is 0 Å². The van der Waals surface area contributed by atoms with Crippen molar-refractivity contribution >= 4 is 23.2 Å². The van der Waals surface area contributed by atoms with Gasteiger partial charge in [-0.05, 0) is 74.6 Å². The molecule has 0 radical (unpaired) electrons. The number of nitrogens with one attached hydrogen (secondary N) is 1. The van der Waals surface area contributed by atoms with Crippen molar-refractivity contribution in [2.75, 3.05) is 6.54 Å². The quantitative estimate of drug-likeness (QED) is 0.756. The van der Waals surface area contributed by atoms with Crippen molar-refractivity contribution in [3.63, 3.8) is 0 Å². The summed E-state index contributed by atoms with van der Waals surface area (Å²) in [5.74, 6) is 0. The van der Waals surface area contributed by atoms with E-state index in [9.17, 15) is 0 Å². The summed E-state index contributed by atoms with van der Waals surface area (Å²) < 4.78 is 0. The smallest absolute Gasteiger partial charge is 0.0453 e. The van der Waals surface area contributed by atoms with Crippen LogP contribution < -0.4 is 5.32 Å². The van der Waals surface area contributed by atoms with Crippen LogP contribution in [-0.4, -0.2) is 12.6 Å². The molecule has 0 aliphatic heterocycles. The predicted octanol–water partition coefficient (Wildman–Crippen LogP) is 5.63. The third-order valence-corrected chi connectivity index (χ3v) is 6.14. The molecular formula is C18H25Cl2N. The Bertz CT molecular complexity index is 470. The van der Waals surface area contributed by atoms with Crippen LogP contribution in [0.3, 0.4) is 0 Å². The Kier molecular flexibility index (Phi) is 5.14. The minimum atomic E-state index is 0.710. The summed E-state index contributed by atoms with van der Waals surface area (Å²) in [5, 5.41) is 5.23. The molecule has 1 spiro atoms.